The molecule has 0 amide bonds. The zero-order chi connectivity index (χ0) is 11.0. The first-order valence-electron chi connectivity index (χ1n) is 5.40. The van der Waals surface area contributed by atoms with Crippen LogP contribution in [0.4, 0.5) is 0 Å². The molecule has 0 aromatic rings. The van der Waals surface area contributed by atoms with E-state index in [0.717, 1.165) is 25.7 Å². The number of hydrogen-bond donors (Lipinski definition) is 0. The quantitative estimate of drug-likeness (QED) is 0.678. The molecule has 0 bridgehead atoms. The summed E-state index contributed by atoms with van der Waals surface area (Å²) in [7, 11) is -2.79. The summed E-state index contributed by atoms with van der Waals surface area (Å²) in [6.45, 7) is 6.75. The smallest absolute Gasteiger partial charge is 0.150 e. The van der Waals surface area contributed by atoms with Crippen molar-refractivity contribution in [2.24, 2.45) is 11.3 Å². The van der Waals surface area contributed by atoms with Crippen LogP contribution in [0.1, 0.15) is 46.5 Å². The molecule has 0 atom stereocenters. The van der Waals surface area contributed by atoms with Gasteiger partial charge >= 0.3 is 0 Å². The highest BCUT2D eigenvalue weighted by molar-refractivity contribution is 7.91. The van der Waals surface area contributed by atoms with Gasteiger partial charge in [-0.15, -0.1) is 0 Å². The Morgan fingerprint density at radius 2 is 1.43 bits per heavy atom. The van der Waals surface area contributed by atoms with E-state index in [4.69, 9.17) is 0 Å². The van der Waals surface area contributed by atoms with Crippen LogP contribution in [0.2, 0.25) is 0 Å². The molecule has 0 radical (unpaired) electrons. The second-order valence-corrected chi connectivity index (χ2v) is 7.99. The summed E-state index contributed by atoms with van der Waals surface area (Å²) in [6, 6.07) is 0. The predicted octanol–water partition coefficient (Wildman–Crippen LogP) is 2.64. The first kappa shape index (κ1) is 12.0. The summed E-state index contributed by atoms with van der Waals surface area (Å²) in [6.07, 6.45) is 5.24. The van der Waals surface area contributed by atoms with Gasteiger partial charge in [0.25, 0.3) is 0 Å². The van der Waals surface area contributed by atoms with Crippen LogP contribution < -0.4 is 0 Å². The lowest BCUT2D eigenvalue weighted by molar-refractivity contribution is 0.181. The van der Waals surface area contributed by atoms with Crippen LogP contribution in [0.25, 0.3) is 0 Å². The summed E-state index contributed by atoms with van der Waals surface area (Å²) < 4.78 is 22.7. The first-order chi connectivity index (χ1) is 6.21. The topological polar surface area (TPSA) is 34.1 Å². The van der Waals surface area contributed by atoms with E-state index in [2.05, 4.69) is 20.8 Å². The van der Waals surface area contributed by atoms with E-state index in [9.17, 15) is 8.42 Å². The van der Waals surface area contributed by atoms with Crippen molar-refractivity contribution in [2.75, 3.05) is 6.26 Å². The van der Waals surface area contributed by atoms with Crippen LogP contribution in [0.15, 0.2) is 0 Å². The number of sulfone groups is 1. The lowest BCUT2D eigenvalue weighted by Crippen LogP contribution is -2.31. The molecule has 1 aliphatic rings. The van der Waals surface area contributed by atoms with Gasteiger partial charge in [-0.3, -0.25) is 0 Å². The monoisotopic (exact) mass is 218 g/mol. The van der Waals surface area contributed by atoms with Crippen molar-refractivity contribution in [1.82, 2.24) is 0 Å². The Bertz CT molecular complexity index is 277. The molecular formula is C11H22O2S. The number of hydrogen-bond acceptors (Lipinski definition) is 2. The van der Waals surface area contributed by atoms with Crippen molar-refractivity contribution in [3.05, 3.63) is 0 Å². The highest BCUT2D eigenvalue weighted by Crippen LogP contribution is 2.39. The van der Waals surface area contributed by atoms with Crippen molar-refractivity contribution >= 4 is 9.84 Å². The molecule has 3 heteroatoms. The molecule has 0 aliphatic heterocycles. The highest BCUT2D eigenvalue weighted by Gasteiger charge is 2.33. The third-order valence-corrected chi connectivity index (χ3v) is 5.19. The molecule has 0 aromatic heterocycles. The standard InChI is InChI=1S/C11H22O2S/c1-11(2,3)9-5-7-10(8-6-9)14(4,12)13/h9-10H,5-8H2,1-4H3. The molecule has 0 saturated heterocycles. The van der Waals surface area contributed by atoms with E-state index in [1.807, 2.05) is 0 Å². The largest absolute Gasteiger partial charge is 0.229 e. The maximum absolute atomic E-state index is 11.3. The van der Waals surface area contributed by atoms with Crippen molar-refractivity contribution in [1.29, 1.82) is 0 Å². The Hall–Kier alpha value is -0.0500. The molecule has 1 rings (SSSR count). The molecule has 14 heavy (non-hydrogen) atoms. The van der Waals surface area contributed by atoms with Crippen LogP contribution in [-0.4, -0.2) is 19.9 Å². The number of rotatable bonds is 1. The minimum Gasteiger partial charge on any atom is -0.229 e. The maximum Gasteiger partial charge on any atom is 0.150 e. The summed E-state index contributed by atoms with van der Waals surface area (Å²) in [5.74, 6) is 0.695. The van der Waals surface area contributed by atoms with Gasteiger partial charge in [-0.25, -0.2) is 8.42 Å². The van der Waals surface area contributed by atoms with Crippen molar-refractivity contribution < 1.29 is 8.42 Å². The van der Waals surface area contributed by atoms with Crippen molar-refractivity contribution in [3.8, 4) is 0 Å². The van der Waals surface area contributed by atoms with E-state index in [0.29, 0.717) is 11.3 Å². The second kappa shape index (κ2) is 3.84. The van der Waals surface area contributed by atoms with E-state index >= 15 is 0 Å². The van der Waals surface area contributed by atoms with Crippen LogP contribution in [0.3, 0.4) is 0 Å². The lowest BCUT2D eigenvalue weighted by atomic mass is 9.72. The van der Waals surface area contributed by atoms with Gasteiger partial charge in [0, 0.05) is 6.26 Å². The molecule has 0 N–H and O–H groups in total. The summed E-state index contributed by atoms with van der Waals surface area (Å²) in [4.78, 5) is 0. The molecule has 84 valence electrons. The zero-order valence-electron chi connectivity index (χ0n) is 9.71. The van der Waals surface area contributed by atoms with Gasteiger partial charge in [0.2, 0.25) is 0 Å². The Kier molecular flexibility index (Phi) is 3.30. The van der Waals surface area contributed by atoms with Crippen LogP contribution >= 0.6 is 0 Å². The Labute approximate surface area is 88.0 Å². The zero-order valence-corrected chi connectivity index (χ0v) is 10.5. The fourth-order valence-corrected chi connectivity index (χ4v) is 3.49. The van der Waals surface area contributed by atoms with Crippen LogP contribution in [0.5, 0.6) is 0 Å². The van der Waals surface area contributed by atoms with Gasteiger partial charge in [0.15, 0.2) is 0 Å². The lowest BCUT2D eigenvalue weighted by Gasteiger charge is -2.36. The molecule has 0 spiro atoms. The molecule has 1 fully saturated rings. The minimum absolute atomic E-state index is 0.0684. The van der Waals surface area contributed by atoms with E-state index < -0.39 is 9.84 Å². The molecule has 1 saturated carbocycles. The van der Waals surface area contributed by atoms with Crippen molar-refractivity contribution in [2.45, 2.75) is 51.7 Å². The normalized spacial score (nSPS) is 30.3. The first-order valence-corrected chi connectivity index (χ1v) is 7.35. The summed E-state index contributed by atoms with van der Waals surface area (Å²) in [5.41, 5.74) is 0.336. The fourth-order valence-electron chi connectivity index (χ4n) is 2.36. The maximum atomic E-state index is 11.3. The van der Waals surface area contributed by atoms with Crippen molar-refractivity contribution in [3.63, 3.8) is 0 Å². The average Bonchev–Trinajstić information content (AvgIpc) is 2.01. The fraction of sp³-hybridized carbons (Fsp3) is 1.00. The summed E-state index contributed by atoms with van der Waals surface area (Å²) in [5, 5.41) is -0.0684. The van der Waals surface area contributed by atoms with E-state index in [-0.39, 0.29) is 5.25 Å². The van der Waals surface area contributed by atoms with Gasteiger partial charge in [-0.2, -0.15) is 0 Å². The molecular weight excluding hydrogens is 196 g/mol. The van der Waals surface area contributed by atoms with Gasteiger partial charge in [0.1, 0.15) is 9.84 Å². The summed E-state index contributed by atoms with van der Waals surface area (Å²) >= 11 is 0. The Balaban J connectivity index is 2.56. The Morgan fingerprint density at radius 1 is 1.00 bits per heavy atom. The van der Waals surface area contributed by atoms with Gasteiger partial charge in [-0.05, 0) is 37.0 Å². The van der Waals surface area contributed by atoms with E-state index in [1.165, 1.54) is 6.26 Å². The third kappa shape index (κ3) is 2.97. The highest BCUT2D eigenvalue weighted by atomic mass is 32.2. The van der Waals surface area contributed by atoms with E-state index in [1.54, 1.807) is 0 Å². The average molecular weight is 218 g/mol. The van der Waals surface area contributed by atoms with Crippen LogP contribution in [-0.2, 0) is 9.84 Å². The SMILES string of the molecule is CC(C)(C)C1CCC(S(C)(=O)=O)CC1. The third-order valence-electron chi connectivity index (χ3n) is 3.50. The molecule has 0 unspecified atom stereocenters. The molecule has 1 aliphatic carbocycles. The molecule has 2 nitrogen and oxygen atoms in total. The minimum atomic E-state index is -2.79. The van der Waals surface area contributed by atoms with Crippen LogP contribution in [0, 0.1) is 11.3 Å². The molecule has 0 heterocycles. The van der Waals surface area contributed by atoms with Gasteiger partial charge in [0.05, 0.1) is 5.25 Å². The second-order valence-electron chi connectivity index (χ2n) is 5.67. The Morgan fingerprint density at radius 3 is 1.71 bits per heavy atom. The predicted molar refractivity (Wildman–Crippen MR) is 60.0 cm³/mol. The van der Waals surface area contributed by atoms with Gasteiger partial charge in [-0.1, -0.05) is 20.8 Å². The van der Waals surface area contributed by atoms with Gasteiger partial charge < -0.3 is 0 Å². The molecule has 0 aromatic carbocycles.